The molecule has 1 heterocycles. The summed E-state index contributed by atoms with van der Waals surface area (Å²) in [6.45, 7) is 7.12. The van der Waals surface area contributed by atoms with E-state index in [0.717, 1.165) is 0 Å². The van der Waals surface area contributed by atoms with E-state index in [1.165, 1.54) is 32.4 Å². The fourth-order valence-electron chi connectivity index (χ4n) is 1.42. The largest absolute Gasteiger partial charge is 0.316 e. The van der Waals surface area contributed by atoms with Crippen LogP contribution in [0.1, 0.15) is 33.1 Å². The Hall–Kier alpha value is -0.0400. The van der Waals surface area contributed by atoms with E-state index in [2.05, 4.69) is 19.2 Å². The monoisotopic (exact) mass is 127 g/mol. The molecule has 0 aromatic carbocycles. The van der Waals surface area contributed by atoms with E-state index in [1.54, 1.807) is 0 Å². The fraction of sp³-hybridized carbons (Fsp3) is 1.00. The number of hydrogen-bond donors (Lipinski definition) is 1. The summed E-state index contributed by atoms with van der Waals surface area (Å²) in [7, 11) is 0. The molecule has 1 atom stereocenters. The normalized spacial score (nSPS) is 36.7. The summed E-state index contributed by atoms with van der Waals surface area (Å²) in [5.41, 5.74) is 0.609. The Labute approximate surface area is 57.8 Å². The Bertz CT molecular complexity index is 82.6. The summed E-state index contributed by atoms with van der Waals surface area (Å²) in [4.78, 5) is 0. The lowest BCUT2D eigenvalue weighted by Gasteiger charge is -2.32. The van der Waals surface area contributed by atoms with Crippen LogP contribution in [0.5, 0.6) is 0 Å². The molecule has 0 unspecified atom stereocenters. The second kappa shape index (κ2) is 2.70. The zero-order chi connectivity index (χ0) is 6.74. The van der Waals surface area contributed by atoms with Gasteiger partial charge in [0.2, 0.25) is 0 Å². The SMILES string of the molecule is CC[C@@]1(C)CCCNC1. The number of nitrogens with one attached hydrogen (secondary N) is 1. The lowest BCUT2D eigenvalue weighted by molar-refractivity contribution is 0.228. The zero-order valence-corrected chi connectivity index (χ0v) is 6.54. The van der Waals surface area contributed by atoms with Crippen LogP contribution in [0.2, 0.25) is 0 Å². The van der Waals surface area contributed by atoms with Crippen molar-refractivity contribution in [2.75, 3.05) is 13.1 Å². The van der Waals surface area contributed by atoms with Crippen molar-refractivity contribution in [1.82, 2.24) is 5.32 Å². The second-order valence-corrected chi connectivity index (χ2v) is 3.44. The van der Waals surface area contributed by atoms with Crippen LogP contribution in [0.25, 0.3) is 0 Å². The topological polar surface area (TPSA) is 12.0 Å². The Balaban J connectivity index is 2.37. The molecule has 1 nitrogen and oxygen atoms in total. The summed E-state index contributed by atoms with van der Waals surface area (Å²) < 4.78 is 0. The molecule has 54 valence electrons. The van der Waals surface area contributed by atoms with E-state index >= 15 is 0 Å². The van der Waals surface area contributed by atoms with Crippen LogP contribution in [0.15, 0.2) is 0 Å². The van der Waals surface area contributed by atoms with Crippen molar-refractivity contribution in [2.24, 2.45) is 5.41 Å². The van der Waals surface area contributed by atoms with Gasteiger partial charge in [0.05, 0.1) is 0 Å². The minimum absolute atomic E-state index is 0.609. The molecule has 1 aliphatic heterocycles. The van der Waals surface area contributed by atoms with E-state index in [1.807, 2.05) is 0 Å². The van der Waals surface area contributed by atoms with Gasteiger partial charge >= 0.3 is 0 Å². The first-order chi connectivity index (χ1) is 4.27. The highest BCUT2D eigenvalue weighted by Gasteiger charge is 2.23. The van der Waals surface area contributed by atoms with E-state index in [-0.39, 0.29) is 0 Å². The first-order valence-corrected chi connectivity index (χ1v) is 3.97. The zero-order valence-electron chi connectivity index (χ0n) is 6.54. The molecule has 0 aliphatic carbocycles. The maximum atomic E-state index is 3.43. The quantitative estimate of drug-likeness (QED) is 0.566. The van der Waals surface area contributed by atoms with Crippen molar-refractivity contribution in [1.29, 1.82) is 0 Å². The molecule has 1 heteroatoms. The molecular weight excluding hydrogens is 110 g/mol. The molecule has 1 rings (SSSR count). The fourth-order valence-corrected chi connectivity index (χ4v) is 1.42. The van der Waals surface area contributed by atoms with Crippen molar-refractivity contribution in [3.8, 4) is 0 Å². The van der Waals surface area contributed by atoms with Gasteiger partial charge in [-0.25, -0.2) is 0 Å². The van der Waals surface area contributed by atoms with Crippen molar-refractivity contribution in [3.05, 3.63) is 0 Å². The van der Waals surface area contributed by atoms with Crippen LogP contribution in [-0.4, -0.2) is 13.1 Å². The van der Waals surface area contributed by atoms with Crippen LogP contribution >= 0.6 is 0 Å². The summed E-state index contributed by atoms with van der Waals surface area (Å²) >= 11 is 0. The lowest BCUT2D eigenvalue weighted by Crippen LogP contribution is -2.37. The molecule has 0 amide bonds. The van der Waals surface area contributed by atoms with Crippen LogP contribution in [-0.2, 0) is 0 Å². The minimum Gasteiger partial charge on any atom is -0.316 e. The predicted molar refractivity (Wildman–Crippen MR) is 40.5 cm³/mol. The molecule has 0 spiro atoms. The second-order valence-electron chi connectivity index (χ2n) is 3.44. The molecule has 1 saturated heterocycles. The molecule has 1 fully saturated rings. The third kappa shape index (κ3) is 1.68. The van der Waals surface area contributed by atoms with Crippen LogP contribution in [0.3, 0.4) is 0 Å². The van der Waals surface area contributed by atoms with Gasteiger partial charge in [-0.1, -0.05) is 13.8 Å². The van der Waals surface area contributed by atoms with Gasteiger partial charge in [0, 0.05) is 6.54 Å². The average Bonchev–Trinajstić information content (AvgIpc) is 1.90. The molecule has 1 N–H and O–H groups in total. The highest BCUT2D eigenvalue weighted by molar-refractivity contribution is 4.79. The molecular formula is C8H17N. The van der Waals surface area contributed by atoms with Gasteiger partial charge in [0.1, 0.15) is 0 Å². The molecule has 9 heavy (non-hydrogen) atoms. The molecule has 1 aliphatic rings. The van der Waals surface area contributed by atoms with E-state index in [0.29, 0.717) is 5.41 Å². The standard InChI is InChI=1S/C8H17N/c1-3-8(2)5-4-6-9-7-8/h9H,3-7H2,1-2H3/t8-/m0/s1. The Morgan fingerprint density at radius 1 is 1.56 bits per heavy atom. The van der Waals surface area contributed by atoms with Crippen molar-refractivity contribution in [2.45, 2.75) is 33.1 Å². The van der Waals surface area contributed by atoms with Crippen molar-refractivity contribution >= 4 is 0 Å². The predicted octanol–water partition coefficient (Wildman–Crippen LogP) is 1.79. The van der Waals surface area contributed by atoms with Crippen molar-refractivity contribution < 1.29 is 0 Å². The summed E-state index contributed by atoms with van der Waals surface area (Å²) in [5.74, 6) is 0. The van der Waals surface area contributed by atoms with Crippen LogP contribution < -0.4 is 5.32 Å². The van der Waals surface area contributed by atoms with Gasteiger partial charge in [0.25, 0.3) is 0 Å². The number of hydrogen-bond acceptors (Lipinski definition) is 1. The average molecular weight is 127 g/mol. The van der Waals surface area contributed by atoms with E-state index in [4.69, 9.17) is 0 Å². The number of rotatable bonds is 1. The Morgan fingerprint density at radius 3 is 2.67 bits per heavy atom. The molecule has 0 radical (unpaired) electrons. The maximum Gasteiger partial charge on any atom is 0.000507 e. The summed E-state index contributed by atoms with van der Waals surface area (Å²) in [6.07, 6.45) is 4.10. The van der Waals surface area contributed by atoms with Gasteiger partial charge < -0.3 is 5.32 Å². The van der Waals surface area contributed by atoms with Gasteiger partial charge in [-0.3, -0.25) is 0 Å². The Kier molecular flexibility index (Phi) is 2.12. The van der Waals surface area contributed by atoms with Gasteiger partial charge in [-0.2, -0.15) is 0 Å². The maximum absolute atomic E-state index is 3.43. The highest BCUT2D eigenvalue weighted by Crippen LogP contribution is 2.28. The third-order valence-corrected chi connectivity index (χ3v) is 2.54. The lowest BCUT2D eigenvalue weighted by atomic mass is 9.81. The van der Waals surface area contributed by atoms with Crippen LogP contribution in [0, 0.1) is 5.41 Å². The summed E-state index contributed by atoms with van der Waals surface area (Å²) in [6, 6.07) is 0. The molecule has 0 saturated carbocycles. The van der Waals surface area contributed by atoms with E-state index < -0.39 is 0 Å². The molecule has 0 aromatic heterocycles. The Morgan fingerprint density at radius 2 is 2.33 bits per heavy atom. The van der Waals surface area contributed by atoms with Gasteiger partial charge in [0.15, 0.2) is 0 Å². The molecule has 0 aromatic rings. The van der Waals surface area contributed by atoms with Crippen molar-refractivity contribution in [3.63, 3.8) is 0 Å². The molecule has 0 bridgehead atoms. The number of piperidine rings is 1. The van der Waals surface area contributed by atoms with Crippen LogP contribution in [0.4, 0.5) is 0 Å². The van der Waals surface area contributed by atoms with E-state index in [9.17, 15) is 0 Å². The minimum atomic E-state index is 0.609. The third-order valence-electron chi connectivity index (χ3n) is 2.54. The van der Waals surface area contributed by atoms with Gasteiger partial charge in [-0.15, -0.1) is 0 Å². The smallest absolute Gasteiger partial charge is 0.000507 e. The first kappa shape index (κ1) is 7.07. The highest BCUT2D eigenvalue weighted by atomic mass is 14.9. The first-order valence-electron chi connectivity index (χ1n) is 3.97. The van der Waals surface area contributed by atoms with Gasteiger partial charge in [-0.05, 0) is 31.2 Å². The summed E-state index contributed by atoms with van der Waals surface area (Å²) in [5, 5.41) is 3.43.